The molecule has 1 aromatic rings. The smallest absolute Gasteiger partial charge is 0.343 e. The largest absolute Gasteiger partial charge is 0.347 e. The summed E-state index contributed by atoms with van der Waals surface area (Å²) in [6, 6.07) is 6.27. The van der Waals surface area contributed by atoms with Crippen LogP contribution in [0.15, 0.2) is 24.3 Å². The molecular weight excluding hydrogens is 302 g/mol. The fraction of sp³-hybridized carbons (Fsp3) is 0.333. The number of piperazine rings is 1. The van der Waals surface area contributed by atoms with E-state index >= 15 is 0 Å². The minimum Gasteiger partial charge on any atom is -0.343 e. The molecule has 23 heavy (non-hydrogen) atoms. The molecule has 0 bridgehead atoms. The number of imide groups is 1. The third kappa shape index (κ3) is 2.80. The number of fused-ring (bicyclic) bond motifs is 1. The van der Waals surface area contributed by atoms with E-state index in [1.54, 1.807) is 29.0 Å². The van der Waals surface area contributed by atoms with E-state index in [2.05, 4.69) is 0 Å². The van der Waals surface area contributed by atoms with Crippen LogP contribution < -0.4 is 0 Å². The fourth-order valence-corrected chi connectivity index (χ4v) is 2.51. The van der Waals surface area contributed by atoms with Crippen molar-refractivity contribution in [3.05, 3.63) is 35.4 Å². The van der Waals surface area contributed by atoms with Gasteiger partial charge in [-0.25, -0.2) is 4.79 Å². The average molecular weight is 317 g/mol. The number of benzene rings is 1. The molecule has 0 N–H and O–H groups in total. The number of carbonyl (C=O) groups excluding carboxylic acids is 4. The molecule has 3 rings (SSSR count). The Morgan fingerprint density at radius 1 is 1.09 bits per heavy atom. The second-order valence-electron chi connectivity index (χ2n) is 5.44. The summed E-state index contributed by atoms with van der Waals surface area (Å²) in [5.74, 6) is -2.16. The van der Waals surface area contributed by atoms with Gasteiger partial charge in [0.2, 0.25) is 5.91 Å². The molecule has 2 aliphatic heterocycles. The maximum Gasteiger partial charge on any atom is 0.347 e. The second-order valence-corrected chi connectivity index (χ2v) is 5.44. The van der Waals surface area contributed by atoms with Gasteiger partial charge in [0, 0.05) is 20.1 Å². The normalized spacial score (nSPS) is 18.4. The van der Waals surface area contributed by atoms with Gasteiger partial charge in [0.25, 0.3) is 11.8 Å². The zero-order valence-electron chi connectivity index (χ0n) is 12.5. The van der Waals surface area contributed by atoms with Gasteiger partial charge in [-0.15, -0.1) is 0 Å². The minimum absolute atomic E-state index is 0.0928. The topological polar surface area (TPSA) is 87.2 Å². The predicted molar refractivity (Wildman–Crippen MR) is 77.1 cm³/mol. The Kier molecular flexibility index (Phi) is 3.83. The lowest BCUT2D eigenvalue weighted by Crippen LogP contribution is -2.50. The van der Waals surface area contributed by atoms with E-state index in [1.807, 2.05) is 0 Å². The van der Waals surface area contributed by atoms with Gasteiger partial charge in [-0.2, -0.15) is 0 Å². The summed E-state index contributed by atoms with van der Waals surface area (Å²) < 4.78 is 0. The molecule has 0 saturated carbocycles. The van der Waals surface area contributed by atoms with Crippen LogP contribution in [-0.2, 0) is 14.4 Å². The molecule has 0 aliphatic carbocycles. The van der Waals surface area contributed by atoms with Crippen LogP contribution >= 0.6 is 0 Å². The van der Waals surface area contributed by atoms with Crippen LogP contribution in [0.5, 0.6) is 0 Å². The standard InChI is InChI=1S/C15H15N3O5/c1-16-6-7-17(8-12(16)19)9-13(20)23-18-14(21)10-4-2-3-5-11(10)15(18)22/h2-5H,6-9H2,1H3. The Labute approximate surface area is 132 Å². The van der Waals surface area contributed by atoms with Gasteiger partial charge in [0.05, 0.1) is 24.2 Å². The lowest BCUT2D eigenvalue weighted by atomic mass is 10.1. The Morgan fingerprint density at radius 2 is 1.70 bits per heavy atom. The Morgan fingerprint density at radius 3 is 2.26 bits per heavy atom. The number of carbonyl (C=O) groups is 4. The average Bonchev–Trinajstić information content (AvgIpc) is 2.76. The zero-order valence-corrected chi connectivity index (χ0v) is 12.5. The van der Waals surface area contributed by atoms with Gasteiger partial charge >= 0.3 is 5.97 Å². The zero-order chi connectivity index (χ0) is 16.6. The first kappa shape index (κ1) is 15.2. The van der Waals surface area contributed by atoms with Gasteiger partial charge in [-0.05, 0) is 12.1 Å². The van der Waals surface area contributed by atoms with Crippen molar-refractivity contribution < 1.29 is 24.0 Å². The van der Waals surface area contributed by atoms with E-state index in [0.717, 1.165) is 0 Å². The minimum atomic E-state index is -0.753. The number of likely N-dealkylation sites (N-methyl/N-ethyl adjacent to an activating group) is 1. The van der Waals surface area contributed by atoms with Crippen molar-refractivity contribution in [1.82, 2.24) is 14.9 Å². The molecule has 2 heterocycles. The summed E-state index contributed by atoms with van der Waals surface area (Å²) in [6.45, 7) is 0.985. The van der Waals surface area contributed by atoms with Crippen molar-refractivity contribution >= 4 is 23.7 Å². The molecule has 0 unspecified atom stereocenters. The fourth-order valence-electron chi connectivity index (χ4n) is 2.51. The summed E-state index contributed by atoms with van der Waals surface area (Å²) in [5.41, 5.74) is 0.417. The van der Waals surface area contributed by atoms with Crippen molar-refractivity contribution in [2.24, 2.45) is 0 Å². The van der Waals surface area contributed by atoms with E-state index in [9.17, 15) is 19.2 Å². The molecule has 0 aromatic heterocycles. The lowest BCUT2D eigenvalue weighted by Gasteiger charge is -2.31. The van der Waals surface area contributed by atoms with E-state index in [-0.39, 0.29) is 30.1 Å². The Hall–Kier alpha value is -2.74. The molecule has 0 radical (unpaired) electrons. The molecule has 1 fully saturated rings. The molecule has 0 atom stereocenters. The highest BCUT2D eigenvalue weighted by molar-refractivity contribution is 6.20. The van der Waals surface area contributed by atoms with Crippen LogP contribution in [0.4, 0.5) is 0 Å². The van der Waals surface area contributed by atoms with Crippen LogP contribution in [0.3, 0.4) is 0 Å². The molecule has 1 saturated heterocycles. The number of amides is 3. The van der Waals surface area contributed by atoms with Crippen LogP contribution in [0.1, 0.15) is 20.7 Å². The highest BCUT2D eigenvalue weighted by Crippen LogP contribution is 2.22. The first-order valence-electron chi connectivity index (χ1n) is 7.12. The SMILES string of the molecule is CN1CCN(CC(=O)ON2C(=O)c3ccccc3C2=O)CC1=O. The molecular formula is C15H15N3O5. The van der Waals surface area contributed by atoms with E-state index in [1.165, 1.54) is 12.1 Å². The van der Waals surface area contributed by atoms with Crippen LogP contribution in [0, 0.1) is 0 Å². The molecule has 8 nitrogen and oxygen atoms in total. The third-order valence-corrected chi connectivity index (χ3v) is 3.84. The highest BCUT2D eigenvalue weighted by Gasteiger charge is 2.38. The van der Waals surface area contributed by atoms with Gasteiger partial charge < -0.3 is 9.74 Å². The molecule has 1 aromatic carbocycles. The van der Waals surface area contributed by atoms with Gasteiger partial charge in [0.1, 0.15) is 0 Å². The second kappa shape index (κ2) is 5.81. The summed E-state index contributed by atoms with van der Waals surface area (Å²) in [6.07, 6.45) is 0. The molecule has 2 aliphatic rings. The first-order valence-corrected chi connectivity index (χ1v) is 7.12. The quantitative estimate of drug-likeness (QED) is 0.700. The lowest BCUT2D eigenvalue weighted by molar-refractivity contribution is -0.170. The number of hydrogen-bond acceptors (Lipinski definition) is 6. The van der Waals surface area contributed by atoms with Crippen molar-refractivity contribution in [2.45, 2.75) is 0 Å². The molecule has 8 heteroatoms. The maximum atomic E-state index is 12.1. The number of hydrogen-bond donors (Lipinski definition) is 0. The number of hydroxylamine groups is 2. The Bertz CT molecular complexity index is 667. The molecule has 0 spiro atoms. The third-order valence-electron chi connectivity index (χ3n) is 3.84. The highest BCUT2D eigenvalue weighted by atomic mass is 16.7. The van der Waals surface area contributed by atoms with Crippen molar-refractivity contribution in [3.8, 4) is 0 Å². The van der Waals surface area contributed by atoms with E-state index in [0.29, 0.717) is 18.2 Å². The summed E-state index contributed by atoms with van der Waals surface area (Å²) in [5, 5.41) is 0.477. The van der Waals surface area contributed by atoms with Crippen molar-refractivity contribution in [1.29, 1.82) is 0 Å². The maximum absolute atomic E-state index is 12.1. The molecule has 3 amide bonds. The Balaban J connectivity index is 1.62. The predicted octanol–water partition coefficient (Wildman–Crippen LogP) is -0.485. The number of nitrogens with zero attached hydrogens (tertiary/aromatic N) is 3. The van der Waals surface area contributed by atoms with Crippen molar-refractivity contribution in [3.63, 3.8) is 0 Å². The van der Waals surface area contributed by atoms with Crippen LogP contribution in [0.2, 0.25) is 0 Å². The van der Waals surface area contributed by atoms with Crippen LogP contribution in [0.25, 0.3) is 0 Å². The van der Waals surface area contributed by atoms with E-state index < -0.39 is 17.8 Å². The van der Waals surface area contributed by atoms with Crippen LogP contribution in [-0.4, -0.2) is 71.8 Å². The summed E-state index contributed by atoms with van der Waals surface area (Å²) in [7, 11) is 1.69. The van der Waals surface area contributed by atoms with Crippen molar-refractivity contribution in [2.75, 3.05) is 33.2 Å². The van der Waals surface area contributed by atoms with Gasteiger partial charge in [0.15, 0.2) is 0 Å². The van der Waals surface area contributed by atoms with Gasteiger partial charge in [-0.3, -0.25) is 19.3 Å². The van der Waals surface area contributed by atoms with E-state index in [4.69, 9.17) is 4.84 Å². The first-order chi connectivity index (χ1) is 11.0. The van der Waals surface area contributed by atoms with Gasteiger partial charge in [-0.1, -0.05) is 17.2 Å². The number of rotatable bonds is 3. The monoisotopic (exact) mass is 317 g/mol. The summed E-state index contributed by atoms with van der Waals surface area (Å²) in [4.78, 5) is 55.8. The summed E-state index contributed by atoms with van der Waals surface area (Å²) >= 11 is 0. The molecule has 120 valence electrons.